The van der Waals surface area contributed by atoms with E-state index in [2.05, 4.69) is 13.8 Å². The average molecular weight is 260 g/mol. The number of nitrogens with zero attached hydrogens (tertiary/aromatic N) is 2. The molecular formula is C12H24N2O2S. The van der Waals surface area contributed by atoms with Gasteiger partial charge < -0.3 is 0 Å². The fraction of sp³-hybridized carbons (Fsp3) is 1.00. The Bertz CT molecular complexity index is 340. The van der Waals surface area contributed by atoms with E-state index >= 15 is 0 Å². The minimum absolute atomic E-state index is 0.485. The van der Waals surface area contributed by atoms with E-state index in [0.29, 0.717) is 38.0 Å². The Labute approximate surface area is 105 Å². The van der Waals surface area contributed by atoms with Gasteiger partial charge in [-0.15, -0.1) is 0 Å². The van der Waals surface area contributed by atoms with Gasteiger partial charge in [0, 0.05) is 26.2 Å². The van der Waals surface area contributed by atoms with Crippen LogP contribution in [0.2, 0.25) is 0 Å². The van der Waals surface area contributed by atoms with E-state index in [0.717, 1.165) is 19.3 Å². The molecule has 2 aliphatic rings. The maximum absolute atomic E-state index is 12.5. The van der Waals surface area contributed by atoms with Crippen molar-refractivity contribution in [1.82, 2.24) is 8.61 Å². The van der Waals surface area contributed by atoms with Crippen molar-refractivity contribution in [3.05, 3.63) is 0 Å². The van der Waals surface area contributed by atoms with Crippen LogP contribution < -0.4 is 0 Å². The van der Waals surface area contributed by atoms with Crippen molar-refractivity contribution in [2.45, 2.75) is 39.5 Å². The van der Waals surface area contributed by atoms with Crippen molar-refractivity contribution in [2.24, 2.45) is 11.8 Å². The highest BCUT2D eigenvalue weighted by atomic mass is 32.2. The van der Waals surface area contributed by atoms with Crippen molar-refractivity contribution in [3.63, 3.8) is 0 Å². The summed E-state index contributed by atoms with van der Waals surface area (Å²) in [5.41, 5.74) is 0. The van der Waals surface area contributed by atoms with Crippen molar-refractivity contribution < 1.29 is 8.42 Å². The lowest BCUT2D eigenvalue weighted by Gasteiger charge is -2.38. The highest BCUT2D eigenvalue weighted by Crippen LogP contribution is 2.25. The molecule has 2 heterocycles. The van der Waals surface area contributed by atoms with E-state index in [1.54, 1.807) is 8.61 Å². The van der Waals surface area contributed by atoms with E-state index in [1.807, 2.05) is 0 Å². The fourth-order valence-corrected chi connectivity index (χ4v) is 4.99. The van der Waals surface area contributed by atoms with Crippen LogP contribution in [0, 0.1) is 11.8 Å². The van der Waals surface area contributed by atoms with Gasteiger partial charge in [-0.2, -0.15) is 17.0 Å². The molecule has 2 rings (SSSR count). The molecule has 2 saturated heterocycles. The van der Waals surface area contributed by atoms with Gasteiger partial charge in [-0.1, -0.05) is 20.3 Å². The first-order valence-electron chi connectivity index (χ1n) is 6.75. The molecular weight excluding hydrogens is 236 g/mol. The van der Waals surface area contributed by atoms with Gasteiger partial charge in [0.15, 0.2) is 0 Å². The fourth-order valence-electron chi connectivity index (χ4n) is 3.05. The summed E-state index contributed by atoms with van der Waals surface area (Å²) in [6.07, 6.45) is 4.33. The molecule has 0 amide bonds. The SMILES string of the molecule is CC1CC(C)CN(S(=O)(=O)N2CCCCC2)C1. The summed E-state index contributed by atoms with van der Waals surface area (Å²) < 4.78 is 28.4. The minimum Gasteiger partial charge on any atom is -0.195 e. The Morgan fingerprint density at radius 3 is 1.94 bits per heavy atom. The van der Waals surface area contributed by atoms with Crippen LogP contribution in [0.25, 0.3) is 0 Å². The zero-order valence-electron chi connectivity index (χ0n) is 10.9. The molecule has 0 aromatic heterocycles. The van der Waals surface area contributed by atoms with Crippen molar-refractivity contribution in [2.75, 3.05) is 26.2 Å². The number of hydrogen-bond acceptors (Lipinski definition) is 2. The number of hydrogen-bond donors (Lipinski definition) is 0. The van der Waals surface area contributed by atoms with Crippen molar-refractivity contribution in [1.29, 1.82) is 0 Å². The van der Waals surface area contributed by atoms with Gasteiger partial charge in [0.1, 0.15) is 0 Å². The Morgan fingerprint density at radius 1 is 0.882 bits per heavy atom. The average Bonchev–Trinajstić information content (AvgIpc) is 2.29. The second-order valence-electron chi connectivity index (χ2n) is 5.73. The van der Waals surface area contributed by atoms with Gasteiger partial charge in [0.25, 0.3) is 10.2 Å². The molecule has 2 fully saturated rings. The van der Waals surface area contributed by atoms with Crippen LogP contribution in [-0.4, -0.2) is 43.2 Å². The summed E-state index contributed by atoms with van der Waals surface area (Å²) in [6.45, 7) is 7.11. The molecule has 2 aliphatic heterocycles. The lowest BCUT2D eigenvalue weighted by molar-refractivity contribution is 0.204. The third kappa shape index (κ3) is 3.01. The van der Waals surface area contributed by atoms with Gasteiger partial charge in [0.05, 0.1) is 0 Å². The molecule has 0 radical (unpaired) electrons. The first-order chi connectivity index (χ1) is 8.00. The monoisotopic (exact) mass is 260 g/mol. The van der Waals surface area contributed by atoms with Crippen LogP contribution in [0.15, 0.2) is 0 Å². The zero-order chi connectivity index (χ0) is 12.5. The van der Waals surface area contributed by atoms with Gasteiger partial charge in [-0.05, 0) is 31.1 Å². The molecule has 4 nitrogen and oxygen atoms in total. The number of rotatable bonds is 2. The second kappa shape index (κ2) is 5.24. The highest BCUT2D eigenvalue weighted by molar-refractivity contribution is 7.86. The summed E-state index contributed by atoms with van der Waals surface area (Å²) in [5, 5.41) is 0. The summed E-state index contributed by atoms with van der Waals surface area (Å²) in [5.74, 6) is 0.969. The molecule has 0 aromatic carbocycles. The summed E-state index contributed by atoms with van der Waals surface area (Å²) >= 11 is 0. The smallest absolute Gasteiger partial charge is 0.195 e. The predicted molar refractivity (Wildman–Crippen MR) is 68.9 cm³/mol. The molecule has 17 heavy (non-hydrogen) atoms. The zero-order valence-corrected chi connectivity index (χ0v) is 11.7. The largest absolute Gasteiger partial charge is 0.281 e. The van der Waals surface area contributed by atoms with E-state index in [4.69, 9.17) is 0 Å². The quantitative estimate of drug-likeness (QED) is 0.758. The van der Waals surface area contributed by atoms with Crippen molar-refractivity contribution in [3.8, 4) is 0 Å². The molecule has 0 spiro atoms. The Morgan fingerprint density at radius 2 is 1.41 bits per heavy atom. The molecule has 0 aliphatic carbocycles. The molecule has 0 saturated carbocycles. The summed E-state index contributed by atoms with van der Waals surface area (Å²) in [6, 6.07) is 0. The normalized spacial score (nSPS) is 33.8. The lowest BCUT2D eigenvalue weighted by Crippen LogP contribution is -2.50. The minimum atomic E-state index is -3.18. The van der Waals surface area contributed by atoms with Crippen LogP contribution >= 0.6 is 0 Å². The van der Waals surface area contributed by atoms with Gasteiger partial charge in [0.2, 0.25) is 0 Å². The van der Waals surface area contributed by atoms with E-state index in [9.17, 15) is 8.42 Å². The van der Waals surface area contributed by atoms with E-state index in [-0.39, 0.29) is 0 Å². The highest BCUT2D eigenvalue weighted by Gasteiger charge is 2.35. The topological polar surface area (TPSA) is 40.6 Å². The van der Waals surface area contributed by atoms with Crippen LogP contribution in [0.1, 0.15) is 39.5 Å². The third-order valence-corrected chi connectivity index (χ3v) is 5.77. The summed E-state index contributed by atoms with van der Waals surface area (Å²) in [7, 11) is -3.18. The van der Waals surface area contributed by atoms with Gasteiger partial charge in [-0.3, -0.25) is 0 Å². The Kier molecular flexibility index (Phi) is 4.10. The van der Waals surface area contributed by atoms with Gasteiger partial charge >= 0.3 is 0 Å². The maximum Gasteiger partial charge on any atom is 0.281 e. The second-order valence-corrected chi connectivity index (χ2v) is 7.66. The maximum atomic E-state index is 12.5. The Hall–Kier alpha value is -0.130. The molecule has 100 valence electrons. The third-order valence-electron chi connectivity index (χ3n) is 3.80. The van der Waals surface area contributed by atoms with Crippen LogP contribution in [0.4, 0.5) is 0 Å². The van der Waals surface area contributed by atoms with Crippen molar-refractivity contribution >= 4 is 10.2 Å². The first kappa shape index (κ1) is 13.3. The molecule has 2 atom stereocenters. The predicted octanol–water partition coefficient (Wildman–Crippen LogP) is 1.70. The molecule has 0 bridgehead atoms. The van der Waals surface area contributed by atoms with E-state index in [1.165, 1.54) is 6.42 Å². The molecule has 0 aromatic rings. The number of piperidine rings is 2. The molecule has 5 heteroatoms. The standard InChI is InChI=1S/C12H24N2O2S/c1-11-8-12(2)10-14(9-11)17(15,16)13-6-4-3-5-7-13/h11-12H,3-10H2,1-2H3. The van der Waals surface area contributed by atoms with Crippen LogP contribution in [0.3, 0.4) is 0 Å². The first-order valence-corrected chi connectivity index (χ1v) is 8.15. The lowest BCUT2D eigenvalue weighted by atomic mass is 9.94. The Balaban J connectivity index is 2.08. The van der Waals surface area contributed by atoms with Gasteiger partial charge in [-0.25, -0.2) is 0 Å². The molecule has 2 unspecified atom stereocenters. The summed E-state index contributed by atoms with van der Waals surface area (Å²) in [4.78, 5) is 0. The van der Waals surface area contributed by atoms with Crippen LogP contribution in [0.5, 0.6) is 0 Å². The molecule has 0 N–H and O–H groups in total. The van der Waals surface area contributed by atoms with E-state index < -0.39 is 10.2 Å². The van der Waals surface area contributed by atoms with Crippen LogP contribution in [-0.2, 0) is 10.2 Å².